The van der Waals surface area contributed by atoms with E-state index in [1.165, 1.54) is 10.7 Å². The van der Waals surface area contributed by atoms with Crippen molar-refractivity contribution in [3.8, 4) is 0 Å². The van der Waals surface area contributed by atoms with Crippen LogP contribution in [0.1, 0.15) is 35.9 Å². The van der Waals surface area contributed by atoms with Crippen molar-refractivity contribution in [3.05, 3.63) is 41.5 Å². The molecule has 2 N–H and O–H groups in total. The summed E-state index contributed by atoms with van der Waals surface area (Å²) >= 11 is 0. The van der Waals surface area contributed by atoms with Crippen LogP contribution in [0.25, 0.3) is 10.9 Å². The van der Waals surface area contributed by atoms with Crippen LogP contribution in [0.4, 0.5) is 10.2 Å². The Labute approximate surface area is 126 Å². The topological polar surface area (TPSA) is 75.6 Å². The molecule has 0 bridgehead atoms. The highest BCUT2D eigenvalue weighted by Gasteiger charge is 2.18. The summed E-state index contributed by atoms with van der Waals surface area (Å²) in [6, 6.07) is 6.33. The predicted octanol–water partition coefficient (Wildman–Crippen LogP) is 2.81. The van der Waals surface area contributed by atoms with E-state index < -0.39 is 5.82 Å². The fourth-order valence-corrected chi connectivity index (χ4v) is 2.28. The van der Waals surface area contributed by atoms with Crippen molar-refractivity contribution in [2.24, 2.45) is 7.05 Å². The van der Waals surface area contributed by atoms with Crippen LogP contribution in [-0.4, -0.2) is 25.9 Å². The van der Waals surface area contributed by atoms with Crippen molar-refractivity contribution >= 4 is 22.6 Å². The molecule has 3 aromatic rings. The first-order valence-corrected chi connectivity index (χ1v) is 6.95. The number of nitrogens with one attached hydrogen (secondary N) is 2. The Balaban J connectivity index is 1.93. The van der Waals surface area contributed by atoms with Crippen molar-refractivity contribution in [1.82, 2.24) is 20.0 Å². The Kier molecular flexibility index (Phi) is 3.40. The minimum atomic E-state index is -0.436. The summed E-state index contributed by atoms with van der Waals surface area (Å²) in [5, 5.41) is 13.9. The second-order valence-corrected chi connectivity index (χ2v) is 5.42. The van der Waals surface area contributed by atoms with Crippen molar-refractivity contribution in [3.63, 3.8) is 0 Å². The maximum Gasteiger partial charge on any atom is 0.275 e. The van der Waals surface area contributed by atoms with E-state index in [0.29, 0.717) is 11.2 Å². The Hall–Kier alpha value is -2.70. The molecule has 0 spiro atoms. The summed E-state index contributed by atoms with van der Waals surface area (Å²) < 4.78 is 15.4. The number of hydrogen-bond acceptors (Lipinski definition) is 3. The van der Waals surface area contributed by atoms with E-state index in [2.05, 4.69) is 20.6 Å². The summed E-state index contributed by atoms with van der Waals surface area (Å²) in [6.07, 6.45) is 0. The smallest absolute Gasteiger partial charge is 0.275 e. The third kappa shape index (κ3) is 2.34. The lowest BCUT2D eigenvalue weighted by Gasteiger charge is -2.03. The molecule has 0 unspecified atom stereocenters. The van der Waals surface area contributed by atoms with Crippen molar-refractivity contribution in [1.29, 1.82) is 0 Å². The molecule has 0 aliphatic heterocycles. The number of nitrogens with zero attached hydrogens (tertiary/aromatic N) is 3. The molecule has 114 valence electrons. The SMILES string of the molecule is CC(C)c1cc(C(=O)Nc2n[nH]c3cccc(F)c23)n(C)n1. The molecule has 0 saturated carbocycles. The zero-order valence-electron chi connectivity index (χ0n) is 12.5. The minimum absolute atomic E-state index is 0.172. The fourth-order valence-electron chi connectivity index (χ4n) is 2.28. The lowest BCUT2D eigenvalue weighted by atomic mass is 10.1. The number of aromatic nitrogens is 4. The van der Waals surface area contributed by atoms with Crippen LogP contribution < -0.4 is 5.32 Å². The van der Waals surface area contributed by atoms with Gasteiger partial charge in [-0.3, -0.25) is 14.6 Å². The van der Waals surface area contributed by atoms with Gasteiger partial charge < -0.3 is 5.32 Å². The summed E-state index contributed by atoms with van der Waals surface area (Å²) in [5.74, 6) is -0.421. The van der Waals surface area contributed by atoms with E-state index in [0.717, 1.165) is 5.69 Å². The highest BCUT2D eigenvalue weighted by Crippen LogP contribution is 2.24. The van der Waals surface area contributed by atoms with E-state index >= 15 is 0 Å². The molecule has 0 atom stereocenters. The summed E-state index contributed by atoms with van der Waals surface area (Å²) in [4.78, 5) is 12.4. The van der Waals surface area contributed by atoms with E-state index in [1.807, 2.05) is 13.8 Å². The van der Waals surface area contributed by atoms with Crippen molar-refractivity contribution in [2.45, 2.75) is 19.8 Å². The van der Waals surface area contributed by atoms with Gasteiger partial charge >= 0.3 is 0 Å². The van der Waals surface area contributed by atoms with Gasteiger partial charge in [0.15, 0.2) is 5.82 Å². The molecule has 7 heteroatoms. The summed E-state index contributed by atoms with van der Waals surface area (Å²) in [7, 11) is 1.70. The van der Waals surface area contributed by atoms with Crippen LogP contribution in [0.3, 0.4) is 0 Å². The Bertz CT molecular complexity index is 849. The first-order chi connectivity index (χ1) is 10.5. The summed E-state index contributed by atoms with van der Waals surface area (Å²) in [6.45, 7) is 4.00. The molecule has 0 fully saturated rings. The standard InChI is InChI=1S/C15H16FN5O/c1-8(2)11-7-12(21(3)20-11)15(22)17-14-13-9(16)5-4-6-10(13)18-19-14/h4-8H,1-3H3,(H2,17,18,19,22). The molecule has 1 aromatic carbocycles. The number of anilines is 1. The Morgan fingerprint density at radius 1 is 1.41 bits per heavy atom. The van der Waals surface area contributed by atoms with Gasteiger partial charge in [0.25, 0.3) is 5.91 Å². The molecule has 3 rings (SSSR count). The quantitative estimate of drug-likeness (QED) is 0.781. The average Bonchev–Trinajstić information content (AvgIpc) is 3.04. The number of hydrogen-bond donors (Lipinski definition) is 2. The Morgan fingerprint density at radius 2 is 2.18 bits per heavy atom. The highest BCUT2D eigenvalue weighted by molar-refractivity contribution is 6.07. The second-order valence-electron chi connectivity index (χ2n) is 5.42. The van der Waals surface area contributed by atoms with Gasteiger partial charge in [-0.15, -0.1) is 0 Å². The van der Waals surface area contributed by atoms with E-state index in [-0.39, 0.29) is 23.0 Å². The third-order valence-electron chi connectivity index (χ3n) is 3.49. The summed E-state index contributed by atoms with van der Waals surface area (Å²) in [5.41, 5.74) is 1.75. The van der Waals surface area contributed by atoms with Crippen molar-refractivity contribution in [2.75, 3.05) is 5.32 Å². The van der Waals surface area contributed by atoms with Crippen LogP contribution in [0.15, 0.2) is 24.3 Å². The molecular formula is C15H16FN5O. The van der Waals surface area contributed by atoms with Gasteiger partial charge in [0.1, 0.15) is 11.5 Å². The number of H-pyrrole nitrogens is 1. The number of benzene rings is 1. The molecule has 0 aliphatic rings. The predicted molar refractivity (Wildman–Crippen MR) is 81.3 cm³/mol. The first kappa shape index (κ1) is 14.2. The number of aryl methyl sites for hydroxylation is 1. The van der Waals surface area contributed by atoms with Gasteiger partial charge in [-0.1, -0.05) is 19.9 Å². The van der Waals surface area contributed by atoms with E-state index in [1.54, 1.807) is 25.2 Å². The van der Waals surface area contributed by atoms with Gasteiger partial charge in [0, 0.05) is 7.05 Å². The number of amides is 1. The number of carbonyl (C=O) groups is 1. The van der Waals surface area contributed by atoms with E-state index in [9.17, 15) is 9.18 Å². The molecule has 0 aliphatic carbocycles. The van der Waals surface area contributed by atoms with E-state index in [4.69, 9.17) is 0 Å². The van der Waals surface area contributed by atoms with Gasteiger partial charge in [-0.25, -0.2) is 4.39 Å². The third-order valence-corrected chi connectivity index (χ3v) is 3.49. The van der Waals surface area contributed by atoms with Gasteiger partial charge in [-0.05, 0) is 24.1 Å². The lowest BCUT2D eigenvalue weighted by Crippen LogP contribution is -2.16. The second kappa shape index (κ2) is 5.25. The van der Waals surface area contributed by atoms with Gasteiger partial charge in [0.05, 0.1) is 16.6 Å². The molecule has 2 aromatic heterocycles. The van der Waals surface area contributed by atoms with Gasteiger partial charge in [-0.2, -0.15) is 10.2 Å². The fraction of sp³-hybridized carbons (Fsp3) is 0.267. The number of halogens is 1. The van der Waals surface area contributed by atoms with Crippen LogP contribution in [-0.2, 0) is 7.05 Å². The number of fused-ring (bicyclic) bond motifs is 1. The first-order valence-electron chi connectivity index (χ1n) is 6.95. The highest BCUT2D eigenvalue weighted by atomic mass is 19.1. The van der Waals surface area contributed by atoms with Gasteiger partial charge in [0.2, 0.25) is 0 Å². The number of carbonyl (C=O) groups excluding carboxylic acids is 1. The largest absolute Gasteiger partial charge is 0.303 e. The zero-order valence-corrected chi connectivity index (χ0v) is 12.5. The number of aromatic amines is 1. The molecule has 0 radical (unpaired) electrons. The van der Waals surface area contributed by atoms with Crippen LogP contribution in [0.5, 0.6) is 0 Å². The Morgan fingerprint density at radius 3 is 2.86 bits per heavy atom. The normalized spacial score (nSPS) is 11.3. The molecule has 0 saturated heterocycles. The molecule has 22 heavy (non-hydrogen) atoms. The molecular weight excluding hydrogens is 285 g/mol. The maximum absolute atomic E-state index is 13.9. The van der Waals surface area contributed by atoms with Crippen LogP contribution in [0.2, 0.25) is 0 Å². The zero-order chi connectivity index (χ0) is 15.9. The van der Waals surface area contributed by atoms with Crippen LogP contribution >= 0.6 is 0 Å². The molecule has 1 amide bonds. The van der Waals surface area contributed by atoms with Crippen LogP contribution in [0, 0.1) is 5.82 Å². The monoisotopic (exact) mass is 301 g/mol. The number of rotatable bonds is 3. The maximum atomic E-state index is 13.9. The average molecular weight is 301 g/mol. The van der Waals surface area contributed by atoms with Crippen molar-refractivity contribution < 1.29 is 9.18 Å². The minimum Gasteiger partial charge on any atom is -0.303 e. The molecule has 2 heterocycles. The lowest BCUT2D eigenvalue weighted by molar-refractivity contribution is 0.101. The molecule has 6 nitrogen and oxygen atoms in total.